The second kappa shape index (κ2) is 8.88. The van der Waals surface area contributed by atoms with E-state index in [1.54, 1.807) is 11.8 Å². The first-order valence-electron chi connectivity index (χ1n) is 10.8. The monoisotopic (exact) mass is 505 g/mol. The molecule has 33 heavy (non-hydrogen) atoms. The molecule has 1 fully saturated rings. The van der Waals surface area contributed by atoms with Gasteiger partial charge in [-0.15, -0.1) is 0 Å². The highest BCUT2D eigenvalue weighted by molar-refractivity contribution is 9.10. The predicted octanol–water partition coefficient (Wildman–Crippen LogP) is 4.70. The first kappa shape index (κ1) is 21.5. The molecule has 3 heterocycles. The standard InChI is InChI=1S/C25H24BrN5O2/c1-16-24(32)30(13-11-17-2-6-20(27)7-3-17)25(33-16)22-15-31(21-8-4-19(26)5-9-21)29-23(22)18-10-12-28-14-18/h2-10,12,14-16,25,28H,11,13,27H2,1H3/t16-,25+/m0/s1. The van der Waals surface area contributed by atoms with Gasteiger partial charge < -0.3 is 20.4 Å². The molecular formula is C25H24BrN5O2. The molecule has 4 aromatic rings. The predicted molar refractivity (Wildman–Crippen MR) is 131 cm³/mol. The number of aromatic nitrogens is 3. The van der Waals surface area contributed by atoms with Crippen LogP contribution in [0.3, 0.4) is 0 Å². The lowest BCUT2D eigenvalue weighted by molar-refractivity contribution is -0.130. The zero-order valence-electron chi connectivity index (χ0n) is 18.1. The molecule has 0 saturated carbocycles. The van der Waals surface area contributed by atoms with Gasteiger partial charge in [0.25, 0.3) is 5.91 Å². The number of amides is 1. The Labute approximate surface area is 200 Å². The number of H-pyrrole nitrogens is 1. The van der Waals surface area contributed by atoms with Gasteiger partial charge in [-0.25, -0.2) is 4.68 Å². The molecule has 8 heteroatoms. The number of anilines is 1. The van der Waals surface area contributed by atoms with Gasteiger partial charge in [0.1, 0.15) is 11.8 Å². The van der Waals surface area contributed by atoms with Crippen molar-refractivity contribution in [3.05, 3.63) is 88.8 Å². The lowest BCUT2D eigenvalue weighted by Gasteiger charge is -2.23. The summed E-state index contributed by atoms with van der Waals surface area (Å²) >= 11 is 3.48. The van der Waals surface area contributed by atoms with Crippen molar-refractivity contribution in [3.63, 3.8) is 0 Å². The zero-order chi connectivity index (χ0) is 22.9. The number of nitrogens with zero attached hydrogens (tertiary/aromatic N) is 3. The van der Waals surface area contributed by atoms with E-state index in [1.807, 2.05) is 77.9 Å². The number of ether oxygens (including phenoxy) is 1. The van der Waals surface area contributed by atoms with E-state index in [9.17, 15) is 4.79 Å². The number of carbonyl (C=O) groups is 1. The Morgan fingerprint density at radius 3 is 2.58 bits per heavy atom. The topological polar surface area (TPSA) is 89.2 Å². The summed E-state index contributed by atoms with van der Waals surface area (Å²) in [6.45, 7) is 2.33. The maximum atomic E-state index is 13.0. The molecule has 3 N–H and O–H groups in total. The van der Waals surface area contributed by atoms with Gasteiger partial charge in [0.2, 0.25) is 0 Å². The minimum absolute atomic E-state index is 0.0214. The summed E-state index contributed by atoms with van der Waals surface area (Å²) in [4.78, 5) is 17.9. The lowest BCUT2D eigenvalue weighted by Crippen LogP contribution is -2.32. The number of nitrogens with one attached hydrogen (secondary N) is 1. The van der Waals surface area contributed by atoms with Crippen molar-refractivity contribution < 1.29 is 9.53 Å². The van der Waals surface area contributed by atoms with Gasteiger partial charge in [-0.05, 0) is 61.4 Å². The minimum Gasteiger partial charge on any atom is -0.399 e. The van der Waals surface area contributed by atoms with Crippen molar-refractivity contribution >= 4 is 27.5 Å². The minimum atomic E-state index is -0.518. The van der Waals surface area contributed by atoms with Crippen LogP contribution in [0.1, 0.15) is 24.3 Å². The highest BCUT2D eigenvalue weighted by Crippen LogP contribution is 2.37. The van der Waals surface area contributed by atoms with Crippen LogP contribution < -0.4 is 5.73 Å². The van der Waals surface area contributed by atoms with Crippen LogP contribution in [-0.2, 0) is 16.0 Å². The average Bonchev–Trinajstić information content (AvgIpc) is 3.54. The maximum Gasteiger partial charge on any atom is 0.253 e. The van der Waals surface area contributed by atoms with Crippen molar-refractivity contribution in [1.82, 2.24) is 19.7 Å². The van der Waals surface area contributed by atoms with Crippen molar-refractivity contribution in [2.45, 2.75) is 25.7 Å². The third-order valence-electron chi connectivity index (χ3n) is 5.84. The van der Waals surface area contributed by atoms with Gasteiger partial charge >= 0.3 is 0 Å². The number of carbonyl (C=O) groups excluding carboxylic acids is 1. The number of halogens is 1. The van der Waals surface area contributed by atoms with Crippen LogP contribution in [0.25, 0.3) is 16.9 Å². The molecule has 0 spiro atoms. The Kier molecular flexibility index (Phi) is 5.78. The summed E-state index contributed by atoms with van der Waals surface area (Å²) < 4.78 is 9.00. The Bertz CT molecular complexity index is 1250. The molecule has 2 atom stereocenters. The molecule has 1 amide bonds. The van der Waals surface area contributed by atoms with E-state index in [4.69, 9.17) is 15.6 Å². The molecule has 0 unspecified atom stereocenters. The van der Waals surface area contributed by atoms with E-state index >= 15 is 0 Å². The van der Waals surface area contributed by atoms with Crippen molar-refractivity contribution in [1.29, 1.82) is 0 Å². The van der Waals surface area contributed by atoms with E-state index in [0.717, 1.165) is 38.2 Å². The molecule has 1 aliphatic heterocycles. The molecule has 0 aliphatic carbocycles. The number of nitrogen functional groups attached to an aromatic ring is 1. The number of benzene rings is 2. The van der Waals surface area contributed by atoms with Crippen molar-refractivity contribution in [3.8, 4) is 16.9 Å². The van der Waals surface area contributed by atoms with Crippen LogP contribution in [-0.4, -0.2) is 38.2 Å². The number of nitrogens with two attached hydrogens (primary N) is 1. The van der Waals surface area contributed by atoms with E-state index < -0.39 is 12.3 Å². The van der Waals surface area contributed by atoms with Crippen molar-refractivity contribution in [2.75, 3.05) is 12.3 Å². The second-order valence-corrected chi connectivity index (χ2v) is 9.02. The van der Waals surface area contributed by atoms with E-state index in [0.29, 0.717) is 13.0 Å². The van der Waals surface area contributed by atoms with Gasteiger partial charge in [-0.1, -0.05) is 28.1 Å². The molecule has 1 aliphatic rings. The van der Waals surface area contributed by atoms with E-state index in [2.05, 4.69) is 20.9 Å². The summed E-state index contributed by atoms with van der Waals surface area (Å²) in [7, 11) is 0. The summed E-state index contributed by atoms with van der Waals surface area (Å²) in [5.41, 5.74) is 11.1. The lowest BCUT2D eigenvalue weighted by atomic mass is 10.1. The van der Waals surface area contributed by atoms with Gasteiger partial charge in [0.05, 0.1) is 5.69 Å². The third kappa shape index (κ3) is 4.31. The molecule has 2 aromatic heterocycles. The molecule has 1 saturated heterocycles. The van der Waals surface area contributed by atoms with Crippen LogP contribution in [0, 0.1) is 0 Å². The number of hydrogen-bond donors (Lipinski definition) is 2. The number of rotatable bonds is 6. The average molecular weight is 506 g/mol. The molecule has 0 radical (unpaired) electrons. The highest BCUT2D eigenvalue weighted by atomic mass is 79.9. The molecule has 2 aromatic carbocycles. The Morgan fingerprint density at radius 2 is 1.88 bits per heavy atom. The van der Waals surface area contributed by atoms with E-state index in [-0.39, 0.29) is 5.91 Å². The van der Waals surface area contributed by atoms with E-state index in [1.165, 1.54) is 0 Å². The summed E-state index contributed by atoms with van der Waals surface area (Å²) in [5, 5.41) is 4.86. The third-order valence-corrected chi connectivity index (χ3v) is 6.37. The first-order valence-corrected chi connectivity index (χ1v) is 11.6. The number of hydrogen-bond acceptors (Lipinski definition) is 4. The molecular weight excluding hydrogens is 482 g/mol. The zero-order valence-corrected chi connectivity index (χ0v) is 19.7. The molecule has 5 rings (SSSR count). The molecule has 168 valence electrons. The Hall–Kier alpha value is -3.36. The second-order valence-electron chi connectivity index (χ2n) is 8.11. The van der Waals surface area contributed by atoms with Gasteiger partial charge in [-0.2, -0.15) is 5.10 Å². The Morgan fingerprint density at radius 1 is 1.12 bits per heavy atom. The van der Waals surface area contributed by atoms with Crippen LogP contribution in [0.15, 0.2) is 77.7 Å². The Balaban J connectivity index is 1.50. The first-order chi connectivity index (χ1) is 16.0. The summed E-state index contributed by atoms with van der Waals surface area (Å²) in [6.07, 6.45) is 5.39. The summed E-state index contributed by atoms with van der Waals surface area (Å²) in [6, 6.07) is 17.6. The normalized spacial score (nSPS) is 18.2. The molecule has 0 bridgehead atoms. The smallest absolute Gasteiger partial charge is 0.253 e. The highest BCUT2D eigenvalue weighted by Gasteiger charge is 2.40. The number of aromatic amines is 1. The van der Waals surface area contributed by atoms with Crippen LogP contribution in [0.4, 0.5) is 5.69 Å². The summed E-state index contributed by atoms with van der Waals surface area (Å²) in [5.74, 6) is -0.0214. The van der Waals surface area contributed by atoms with Crippen molar-refractivity contribution in [2.24, 2.45) is 0 Å². The SMILES string of the molecule is C[C@@H]1O[C@H](c2cn(-c3ccc(Br)cc3)nc2-c2cc[nH]c2)N(CCc2ccc(N)cc2)C1=O. The van der Waals surface area contributed by atoms with Crippen LogP contribution in [0.5, 0.6) is 0 Å². The quantitative estimate of drug-likeness (QED) is 0.371. The van der Waals surface area contributed by atoms with Crippen LogP contribution in [0.2, 0.25) is 0 Å². The fourth-order valence-electron chi connectivity index (χ4n) is 4.07. The van der Waals surface area contributed by atoms with Crippen LogP contribution >= 0.6 is 15.9 Å². The fourth-order valence-corrected chi connectivity index (χ4v) is 4.33. The van der Waals surface area contributed by atoms with Gasteiger partial charge in [0, 0.05) is 46.4 Å². The molecule has 7 nitrogen and oxygen atoms in total. The van der Waals surface area contributed by atoms with Gasteiger partial charge in [-0.3, -0.25) is 4.79 Å². The fraction of sp³-hybridized carbons (Fsp3) is 0.200. The van der Waals surface area contributed by atoms with Gasteiger partial charge in [0.15, 0.2) is 6.23 Å². The largest absolute Gasteiger partial charge is 0.399 e. The maximum absolute atomic E-state index is 13.0.